The van der Waals surface area contributed by atoms with E-state index in [0.29, 0.717) is 13.2 Å². The van der Waals surface area contributed by atoms with E-state index in [0.717, 1.165) is 45.2 Å². The van der Waals surface area contributed by atoms with Crippen LogP contribution >= 0.6 is 0 Å². The molecule has 1 unspecified atom stereocenters. The first kappa shape index (κ1) is 19.3. The standard InChI is InChI=1S/C25H26N4O2/c1-4-31-20-9-5-16(6-10-20)24-26-22-12-8-19(14-23(22)27-24)29-15-17-13-18(28(2)3)7-11-21(17)25(29)30/h5-14,24,26-27H,4,15H2,1-3H3. The van der Waals surface area contributed by atoms with Crippen LogP contribution < -0.4 is 25.2 Å². The fraction of sp³-hybridized carbons (Fsp3) is 0.240. The van der Waals surface area contributed by atoms with E-state index in [1.807, 2.05) is 68.4 Å². The van der Waals surface area contributed by atoms with Crippen LogP contribution in [0.4, 0.5) is 22.7 Å². The van der Waals surface area contributed by atoms with Crippen molar-refractivity contribution in [2.24, 2.45) is 0 Å². The second-order valence-corrected chi connectivity index (χ2v) is 8.08. The molecule has 158 valence electrons. The SMILES string of the molecule is CCOc1ccc(C2Nc3ccc(N4Cc5cc(N(C)C)ccc5C4=O)cc3N2)cc1. The molecule has 2 N–H and O–H groups in total. The Labute approximate surface area is 182 Å². The van der Waals surface area contributed by atoms with Gasteiger partial charge in [-0.05, 0) is 66.6 Å². The summed E-state index contributed by atoms with van der Waals surface area (Å²) in [7, 11) is 4.02. The van der Waals surface area contributed by atoms with Crippen LogP contribution in [0, 0.1) is 0 Å². The quantitative estimate of drug-likeness (QED) is 0.625. The van der Waals surface area contributed by atoms with Crippen molar-refractivity contribution < 1.29 is 9.53 Å². The molecule has 0 spiro atoms. The molecule has 2 aliphatic rings. The molecule has 0 fully saturated rings. The van der Waals surface area contributed by atoms with Gasteiger partial charge in [-0.1, -0.05) is 12.1 Å². The van der Waals surface area contributed by atoms with Crippen molar-refractivity contribution >= 4 is 28.7 Å². The number of rotatable bonds is 5. The van der Waals surface area contributed by atoms with Gasteiger partial charge in [0.1, 0.15) is 11.9 Å². The number of benzene rings is 3. The van der Waals surface area contributed by atoms with E-state index in [4.69, 9.17) is 4.74 Å². The predicted molar refractivity (Wildman–Crippen MR) is 125 cm³/mol. The lowest BCUT2D eigenvalue weighted by Crippen LogP contribution is -2.22. The van der Waals surface area contributed by atoms with Gasteiger partial charge >= 0.3 is 0 Å². The minimum atomic E-state index is -0.0185. The smallest absolute Gasteiger partial charge is 0.258 e. The highest BCUT2D eigenvalue weighted by atomic mass is 16.5. The van der Waals surface area contributed by atoms with Gasteiger partial charge in [0.15, 0.2) is 0 Å². The fourth-order valence-corrected chi connectivity index (χ4v) is 4.18. The van der Waals surface area contributed by atoms with E-state index < -0.39 is 0 Å². The molecule has 2 aliphatic heterocycles. The molecule has 3 aromatic rings. The second-order valence-electron chi connectivity index (χ2n) is 8.08. The highest BCUT2D eigenvalue weighted by Crippen LogP contribution is 2.40. The van der Waals surface area contributed by atoms with E-state index >= 15 is 0 Å². The number of carbonyl (C=O) groups excluding carboxylic acids is 1. The van der Waals surface area contributed by atoms with E-state index in [-0.39, 0.29) is 12.1 Å². The third kappa shape index (κ3) is 3.44. The van der Waals surface area contributed by atoms with Crippen LogP contribution in [0.25, 0.3) is 0 Å². The lowest BCUT2D eigenvalue weighted by atomic mass is 10.1. The first-order valence-electron chi connectivity index (χ1n) is 10.6. The molecule has 3 aromatic carbocycles. The average Bonchev–Trinajstić information content (AvgIpc) is 3.35. The molecule has 0 radical (unpaired) electrons. The molecule has 0 saturated heterocycles. The molecule has 1 amide bonds. The van der Waals surface area contributed by atoms with Crippen LogP contribution in [0.1, 0.15) is 34.6 Å². The Morgan fingerprint density at radius 3 is 2.52 bits per heavy atom. The van der Waals surface area contributed by atoms with Crippen molar-refractivity contribution in [1.29, 1.82) is 0 Å². The summed E-state index contributed by atoms with van der Waals surface area (Å²) < 4.78 is 5.53. The van der Waals surface area contributed by atoms with Crippen LogP contribution in [0.3, 0.4) is 0 Å². The zero-order valence-electron chi connectivity index (χ0n) is 18.0. The minimum absolute atomic E-state index is 0.0185. The van der Waals surface area contributed by atoms with Crippen LogP contribution in [-0.2, 0) is 6.54 Å². The number of anilines is 4. The minimum Gasteiger partial charge on any atom is -0.494 e. The van der Waals surface area contributed by atoms with Crippen molar-refractivity contribution in [1.82, 2.24) is 0 Å². The van der Waals surface area contributed by atoms with Gasteiger partial charge in [0, 0.05) is 31.0 Å². The van der Waals surface area contributed by atoms with Crippen LogP contribution in [-0.4, -0.2) is 26.6 Å². The van der Waals surface area contributed by atoms with Gasteiger partial charge in [-0.15, -0.1) is 0 Å². The van der Waals surface area contributed by atoms with Gasteiger partial charge in [-0.2, -0.15) is 0 Å². The monoisotopic (exact) mass is 414 g/mol. The molecule has 6 heteroatoms. The summed E-state index contributed by atoms with van der Waals surface area (Å²) in [4.78, 5) is 16.9. The van der Waals surface area contributed by atoms with Crippen molar-refractivity contribution in [3.63, 3.8) is 0 Å². The van der Waals surface area contributed by atoms with E-state index in [2.05, 4.69) is 33.7 Å². The van der Waals surface area contributed by atoms with Crippen molar-refractivity contribution in [3.8, 4) is 5.75 Å². The first-order chi connectivity index (χ1) is 15.0. The molecular weight excluding hydrogens is 388 g/mol. The lowest BCUT2D eigenvalue weighted by Gasteiger charge is -2.16. The third-order valence-corrected chi connectivity index (χ3v) is 5.85. The highest BCUT2D eigenvalue weighted by molar-refractivity contribution is 6.10. The van der Waals surface area contributed by atoms with Crippen LogP contribution in [0.15, 0.2) is 60.7 Å². The second kappa shape index (κ2) is 7.54. The van der Waals surface area contributed by atoms with Gasteiger partial charge in [0.05, 0.1) is 24.5 Å². The fourth-order valence-electron chi connectivity index (χ4n) is 4.18. The predicted octanol–water partition coefficient (Wildman–Crippen LogP) is 4.85. The van der Waals surface area contributed by atoms with Gasteiger partial charge < -0.3 is 25.2 Å². The summed E-state index contributed by atoms with van der Waals surface area (Å²) in [6.07, 6.45) is -0.0185. The molecule has 0 aliphatic carbocycles. The van der Waals surface area contributed by atoms with Crippen LogP contribution in [0.5, 0.6) is 5.75 Å². The van der Waals surface area contributed by atoms with Crippen molar-refractivity contribution in [2.75, 3.05) is 41.1 Å². The summed E-state index contributed by atoms with van der Waals surface area (Å²) in [5, 5.41) is 7.04. The summed E-state index contributed by atoms with van der Waals surface area (Å²) >= 11 is 0. The molecule has 31 heavy (non-hydrogen) atoms. The number of carbonyl (C=O) groups is 1. The topological polar surface area (TPSA) is 56.8 Å². The Hall–Kier alpha value is -3.67. The number of nitrogens with zero attached hydrogens (tertiary/aromatic N) is 2. The normalized spacial score (nSPS) is 16.4. The largest absolute Gasteiger partial charge is 0.494 e. The number of amides is 1. The molecule has 1 atom stereocenters. The average molecular weight is 415 g/mol. The maximum absolute atomic E-state index is 13.0. The number of hydrogen-bond acceptors (Lipinski definition) is 5. The number of fused-ring (bicyclic) bond motifs is 2. The molecule has 0 saturated carbocycles. The first-order valence-corrected chi connectivity index (χ1v) is 10.6. The Morgan fingerprint density at radius 2 is 1.77 bits per heavy atom. The summed E-state index contributed by atoms with van der Waals surface area (Å²) in [5.41, 5.74) is 7.00. The number of hydrogen-bond donors (Lipinski definition) is 2. The molecule has 6 nitrogen and oxygen atoms in total. The summed E-state index contributed by atoms with van der Waals surface area (Å²) in [6, 6.07) is 20.2. The van der Waals surface area contributed by atoms with Gasteiger partial charge in [0.2, 0.25) is 0 Å². The summed E-state index contributed by atoms with van der Waals surface area (Å²) in [6.45, 7) is 3.22. The molecule has 0 aromatic heterocycles. The molecule has 5 rings (SSSR count). The summed E-state index contributed by atoms with van der Waals surface area (Å²) in [5.74, 6) is 0.919. The van der Waals surface area contributed by atoms with E-state index in [1.54, 1.807) is 0 Å². The maximum Gasteiger partial charge on any atom is 0.258 e. The Bertz CT molecular complexity index is 1140. The van der Waals surface area contributed by atoms with Gasteiger partial charge in [-0.25, -0.2) is 0 Å². The van der Waals surface area contributed by atoms with Gasteiger partial charge in [-0.3, -0.25) is 4.79 Å². The third-order valence-electron chi connectivity index (χ3n) is 5.85. The molecule has 0 bridgehead atoms. The number of ether oxygens (including phenoxy) is 1. The molecular formula is C25H26N4O2. The maximum atomic E-state index is 13.0. The Morgan fingerprint density at radius 1 is 1.00 bits per heavy atom. The zero-order valence-corrected chi connectivity index (χ0v) is 18.0. The van der Waals surface area contributed by atoms with E-state index in [1.165, 1.54) is 0 Å². The Balaban J connectivity index is 1.35. The Kier molecular flexibility index (Phi) is 4.70. The van der Waals surface area contributed by atoms with Crippen molar-refractivity contribution in [2.45, 2.75) is 19.6 Å². The van der Waals surface area contributed by atoms with Gasteiger partial charge in [0.25, 0.3) is 5.91 Å². The van der Waals surface area contributed by atoms with Crippen LogP contribution in [0.2, 0.25) is 0 Å². The van der Waals surface area contributed by atoms with Crippen molar-refractivity contribution in [3.05, 3.63) is 77.4 Å². The highest BCUT2D eigenvalue weighted by Gasteiger charge is 2.30. The molecule has 2 heterocycles. The zero-order chi connectivity index (χ0) is 21.5. The van der Waals surface area contributed by atoms with E-state index in [9.17, 15) is 4.79 Å². The lowest BCUT2D eigenvalue weighted by molar-refractivity contribution is 0.0996. The number of nitrogens with one attached hydrogen (secondary N) is 2.